The first-order valence-electron chi connectivity index (χ1n) is 6.07. The highest BCUT2D eigenvalue weighted by molar-refractivity contribution is 4.84. The summed E-state index contributed by atoms with van der Waals surface area (Å²) in [5, 5.41) is 0. The number of hydrogen-bond donors (Lipinski definition) is 1. The SMILES string of the molecule is CC1CCCC(C)C1N(C)CCCN. The summed E-state index contributed by atoms with van der Waals surface area (Å²) < 4.78 is 0. The van der Waals surface area contributed by atoms with Crippen LogP contribution in [0.3, 0.4) is 0 Å². The van der Waals surface area contributed by atoms with Crippen molar-refractivity contribution in [3.8, 4) is 0 Å². The normalized spacial score (nSPS) is 33.6. The second kappa shape index (κ2) is 5.72. The minimum atomic E-state index is 0.787. The van der Waals surface area contributed by atoms with Crippen LogP contribution in [0.15, 0.2) is 0 Å². The largest absolute Gasteiger partial charge is 0.330 e. The average molecular weight is 198 g/mol. The lowest BCUT2D eigenvalue weighted by atomic mass is 9.78. The van der Waals surface area contributed by atoms with Gasteiger partial charge in [-0.15, -0.1) is 0 Å². The molecule has 1 aliphatic carbocycles. The molecule has 0 aromatic carbocycles. The van der Waals surface area contributed by atoms with Crippen molar-refractivity contribution < 1.29 is 0 Å². The third-order valence-corrected chi connectivity index (χ3v) is 3.71. The van der Waals surface area contributed by atoms with E-state index < -0.39 is 0 Å². The topological polar surface area (TPSA) is 29.3 Å². The molecule has 0 saturated heterocycles. The minimum absolute atomic E-state index is 0.787. The number of nitrogens with two attached hydrogens (primary N) is 1. The Morgan fingerprint density at radius 1 is 1.21 bits per heavy atom. The highest BCUT2D eigenvalue weighted by Gasteiger charge is 2.30. The summed E-state index contributed by atoms with van der Waals surface area (Å²) in [6.45, 7) is 6.79. The summed E-state index contributed by atoms with van der Waals surface area (Å²) in [5.74, 6) is 1.73. The monoisotopic (exact) mass is 198 g/mol. The molecule has 0 aliphatic heterocycles. The smallest absolute Gasteiger partial charge is 0.0143 e. The molecule has 2 nitrogen and oxygen atoms in total. The van der Waals surface area contributed by atoms with Crippen LogP contribution in [0.1, 0.15) is 39.5 Å². The second-order valence-electron chi connectivity index (χ2n) is 5.00. The first-order valence-corrected chi connectivity index (χ1v) is 6.07. The van der Waals surface area contributed by atoms with Gasteiger partial charge in [0.15, 0.2) is 0 Å². The van der Waals surface area contributed by atoms with Crippen LogP contribution < -0.4 is 5.73 Å². The summed E-state index contributed by atoms with van der Waals surface area (Å²) in [6.07, 6.45) is 5.36. The fourth-order valence-corrected chi connectivity index (χ4v) is 3.02. The molecule has 1 saturated carbocycles. The molecule has 2 atom stereocenters. The summed E-state index contributed by atoms with van der Waals surface area (Å²) in [7, 11) is 2.26. The Labute approximate surface area is 88.8 Å². The van der Waals surface area contributed by atoms with Gasteiger partial charge in [-0.05, 0) is 51.2 Å². The number of nitrogens with zero attached hydrogens (tertiary/aromatic N) is 1. The Hall–Kier alpha value is -0.0800. The maximum atomic E-state index is 5.55. The maximum Gasteiger partial charge on any atom is 0.0143 e. The molecule has 14 heavy (non-hydrogen) atoms. The standard InChI is InChI=1S/C12H26N2/c1-10-6-4-7-11(2)12(10)14(3)9-5-8-13/h10-12H,4-9,13H2,1-3H3. The zero-order chi connectivity index (χ0) is 10.6. The van der Waals surface area contributed by atoms with Crippen molar-refractivity contribution >= 4 is 0 Å². The molecule has 0 aromatic heterocycles. The van der Waals surface area contributed by atoms with E-state index in [1.54, 1.807) is 0 Å². The van der Waals surface area contributed by atoms with Gasteiger partial charge in [0.1, 0.15) is 0 Å². The van der Waals surface area contributed by atoms with Crippen molar-refractivity contribution in [2.45, 2.75) is 45.6 Å². The summed E-state index contributed by atoms with van der Waals surface area (Å²) in [6, 6.07) is 0.787. The molecule has 2 heteroatoms. The van der Waals surface area contributed by atoms with Gasteiger partial charge in [-0.25, -0.2) is 0 Å². The van der Waals surface area contributed by atoms with Gasteiger partial charge < -0.3 is 10.6 Å². The quantitative estimate of drug-likeness (QED) is 0.749. The van der Waals surface area contributed by atoms with Crippen molar-refractivity contribution in [3.05, 3.63) is 0 Å². The Morgan fingerprint density at radius 3 is 2.29 bits per heavy atom. The minimum Gasteiger partial charge on any atom is -0.330 e. The Balaban J connectivity index is 2.45. The van der Waals surface area contributed by atoms with Crippen LogP contribution in [-0.4, -0.2) is 31.1 Å². The third-order valence-electron chi connectivity index (χ3n) is 3.71. The van der Waals surface area contributed by atoms with Crippen LogP contribution in [0.4, 0.5) is 0 Å². The van der Waals surface area contributed by atoms with E-state index in [1.807, 2.05) is 0 Å². The van der Waals surface area contributed by atoms with Gasteiger partial charge in [0.2, 0.25) is 0 Å². The van der Waals surface area contributed by atoms with E-state index in [1.165, 1.54) is 19.3 Å². The van der Waals surface area contributed by atoms with E-state index in [0.29, 0.717) is 0 Å². The Kier molecular flexibility index (Phi) is 4.90. The lowest BCUT2D eigenvalue weighted by Crippen LogP contribution is -2.44. The second-order valence-corrected chi connectivity index (χ2v) is 5.00. The van der Waals surface area contributed by atoms with E-state index in [0.717, 1.165) is 37.4 Å². The molecule has 2 N–H and O–H groups in total. The van der Waals surface area contributed by atoms with Crippen molar-refractivity contribution in [2.24, 2.45) is 17.6 Å². The summed E-state index contributed by atoms with van der Waals surface area (Å²) in [4.78, 5) is 2.53. The fraction of sp³-hybridized carbons (Fsp3) is 1.00. The van der Waals surface area contributed by atoms with E-state index in [9.17, 15) is 0 Å². The molecule has 0 bridgehead atoms. The maximum absolute atomic E-state index is 5.55. The van der Waals surface area contributed by atoms with Gasteiger partial charge in [-0.1, -0.05) is 20.3 Å². The van der Waals surface area contributed by atoms with Crippen molar-refractivity contribution in [3.63, 3.8) is 0 Å². The van der Waals surface area contributed by atoms with Crippen molar-refractivity contribution in [1.82, 2.24) is 4.90 Å². The van der Waals surface area contributed by atoms with Gasteiger partial charge in [-0.2, -0.15) is 0 Å². The first-order chi connectivity index (χ1) is 6.66. The summed E-state index contributed by atoms with van der Waals surface area (Å²) >= 11 is 0. The molecule has 0 amide bonds. The van der Waals surface area contributed by atoms with Crippen LogP contribution in [-0.2, 0) is 0 Å². The van der Waals surface area contributed by atoms with Crippen LogP contribution >= 0.6 is 0 Å². The Morgan fingerprint density at radius 2 is 1.79 bits per heavy atom. The van der Waals surface area contributed by atoms with Gasteiger partial charge in [-0.3, -0.25) is 0 Å². The zero-order valence-electron chi connectivity index (χ0n) is 10.00. The Bertz CT molecular complexity index is 148. The predicted octanol–water partition coefficient (Wildman–Crippen LogP) is 2.09. The molecular weight excluding hydrogens is 172 g/mol. The molecule has 84 valence electrons. The van der Waals surface area contributed by atoms with Gasteiger partial charge >= 0.3 is 0 Å². The number of rotatable bonds is 4. The fourth-order valence-electron chi connectivity index (χ4n) is 3.02. The highest BCUT2D eigenvalue weighted by Crippen LogP contribution is 2.31. The van der Waals surface area contributed by atoms with E-state index in [2.05, 4.69) is 25.8 Å². The first kappa shape index (κ1) is 12.0. The average Bonchev–Trinajstić information content (AvgIpc) is 2.14. The zero-order valence-corrected chi connectivity index (χ0v) is 10.00. The van der Waals surface area contributed by atoms with E-state index >= 15 is 0 Å². The molecule has 0 radical (unpaired) electrons. The molecule has 0 spiro atoms. The van der Waals surface area contributed by atoms with Crippen LogP contribution in [0.25, 0.3) is 0 Å². The number of hydrogen-bond acceptors (Lipinski definition) is 2. The van der Waals surface area contributed by atoms with E-state index in [-0.39, 0.29) is 0 Å². The van der Waals surface area contributed by atoms with Gasteiger partial charge in [0.05, 0.1) is 0 Å². The van der Waals surface area contributed by atoms with Crippen molar-refractivity contribution in [2.75, 3.05) is 20.1 Å². The molecule has 1 aliphatic rings. The van der Waals surface area contributed by atoms with Crippen LogP contribution in [0.2, 0.25) is 0 Å². The lowest BCUT2D eigenvalue weighted by Gasteiger charge is -2.41. The molecule has 1 fully saturated rings. The third kappa shape index (κ3) is 2.96. The molecular formula is C12H26N2. The predicted molar refractivity (Wildman–Crippen MR) is 62.3 cm³/mol. The highest BCUT2D eigenvalue weighted by atomic mass is 15.1. The van der Waals surface area contributed by atoms with E-state index in [4.69, 9.17) is 5.73 Å². The van der Waals surface area contributed by atoms with Crippen LogP contribution in [0, 0.1) is 11.8 Å². The van der Waals surface area contributed by atoms with Crippen LogP contribution in [0.5, 0.6) is 0 Å². The van der Waals surface area contributed by atoms with Crippen molar-refractivity contribution in [1.29, 1.82) is 0 Å². The summed E-state index contributed by atoms with van der Waals surface area (Å²) in [5.41, 5.74) is 5.55. The van der Waals surface area contributed by atoms with Gasteiger partial charge in [0.25, 0.3) is 0 Å². The van der Waals surface area contributed by atoms with Gasteiger partial charge in [0, 0.05) is 6.04 Å². The lowest BCUT2D eigenvalue weighted by molar-refractivity contribution is 0.0911. The molecule has 2 unspecified atom stereocenters. The molecule has 1 rings (SSSR count). The molecule has 0 heterocycles. The molecule has 0 aromatic rings.